The molecule has 30 heavy (non-hydrogen) atoms. The zero-order chi connectivity index (χ0) is 20.4. The third kappa shape index (κ3) is 3.62. The van der Waals surface area contributed by atoms with Crippen LogP contribution in [0.3, 0.4) is 0 Å². The first kappa shape index (κ1) is 19.0. The predicted molar refractivity (Wildman–Crippen MR) is 119 cm³/mol. The van der Waals surface area contributed by atoms with E-state index in [0.29, 0.717) is 12.5 Å². The Kier molecular flexibility index (Phi) is 5.07. The molecule has 152 valence electrons. The maximum absolute atomic E-state index is 6.85. The van der Waals surface area contributed by atoms with Crippen molar-refractivity contribution in [2.24, 2.45) is 21.7 Å². The number of quaternary nitrogens is 1. The van der Waals surface area contributed by atoms with Crippen LogP contribution in [0.1, 0.15) is 43.2 Å². The average Bonchev–Trinajstić information content (AvgIpc) is 3.39. The smallest absolute Gasteiger partial charge is 0.265 e. The Morgan fingerprint density at radius 3 is 2.70 bits per heavy atom. The normalized spacial score (nSPS) is 23.0. The summed E-state index contributed by atoms with van der Waals surface area (Å²) >= 11 is 0. The van der Waals surface area contributed by atoms with Crippen LogP contribution in [-0.4, -0.2) is 16.6 Å². The molecule has 0 amide bonds. The lowest BCUT2D eigenvalue weighted by atomic mass is 10.0. The van der Waals surface area contributed by atoms with Gasteiger partial charge >= 0.3 is 0 Å². The summed E-state index contributed by atoms with van der Waals surface area (Å²) in [5, 5.41) is 0. The third-order valence-electron chi connectivity index (χ3n) is 6.17. The van der Waals surface area contributed by atoms with Crippen molar-refractivity contribution >= 4 is 12.1 Å². The number of hydrogen-bond acceptors (Lipinski definition) is 4. The Morgan fingerprint density at radius 2 is 1.87 bits per heavy atom. The molecule has 0 aromatic heterocycles. The van der Waals surface area contributed by atoms with Crippen LogP contribution in [0.2, 0.25) is 0 Å². The molecule has 2 N–H and O–H groups in total. The number of rotatable bonds is 6. The monoisotopic (exact) mass is 399 g/mol. The predicted octanol–water partition coefficient (Wildman–Crippen LogP) is 5.06. The second-order valence-electron chi connectivity index (χ2n) is 8.28. The summed E-state index contributed by atoms with van der Waals surface area (Å²) in [5.41, 5.74) is 4.17. The third-order valence-corrected chi connectivity index (χ3v) is 6.17. The van der Waals surface area contributed by atoms with Gasteiger partial charge in [-0.25, -0.2) is 0 Å². The quantitative estimate of drug-likeness (QED) is 0.545. The summed E-state index contributed by atoms with van der Waals surface area (Å²) in [7, 11) is 0. The fourth-order valence-corrected chi connectivity index (χ4v) is 4.56. The van der Waals surface area contributed by atoms with Gasteiger partial charge in [-0.2, -0.15) is 10.8 Å². The summed E-state index contributed by atoms with van der Waals surface area (Å²) in [6.07, 6.45) is 11.7. The summed E-state index contributed by atoms with van der Waals surface area (Å²) in [6, 6.07) is 18.2. The molecule has 0 radical (unpaired) electrons. The van der Waals surface area contributed by atoms with E-state index in [0.717, 1.165) is 40.5 Å². The number of fused-ring (bicyclic) bond motifs is 1. The molecule has 1 saturated carbocycles. The summed E-state index contributed by atoms with van der Waals surface area (Å²) in [4.78, 5) is 9.38. The zero-order valence-electron chi connectivity index (χ0n) is 17.1. The second-order valence-corrected chi connectivity index (χ2v) is 8.28. The molecule has 0 spiro atoms. The number of aliphatic imine (C=N–C) groups is 2. The van der Waals surface area contributed by atoms with E-state index in [-0.39, 0.29) is 4.59 Å². The SMILES string of the molecule is N[N+]12C=CN=CC1=C(CC1CCCC1)N=C2c1cccc(OCc2ccccc2)c1. The van der Waals surface area contributed by atoms with Gasteiger partial charge in [-0.3, -0.25) is 4.99 Å². The van der Waals surface area contributed by atoms with Crippen LogP contribution in [0.25, 0.3) is 0 Å². The lowest BCUT2D eigenvalue weighted by Gasteiger charge is -2.26. The van der Waals surface area contributed by atoms with Gasteiger partial charge in [0.25, 0.3) is 5.84 Å². The highest BCUT2D eigenvalue weighted by Crippen LogP contribution is 2.38. The van der Waals surface area contributed by atoms with Gasteiger partial charge in [0.1, 0.15) is 24.3 Å². The number of nitrogens with zero attached hydrogens (tertiary/aromatic N) is 3. The number of benzene rings is 2. The first-order chi connectivity index (χ1) is 14.7. The van der Waals surface area contributed by atoms with Gasteiger partial charge in [-0.1, -0.05) is 62.1 Å². The molecule has 0 bridgehead atoms. The van der Waals surface area contributed by atoms with Crippen molar-refractivity contribution in [1.29, 1.82) is 0 Å². The van der Waals surface area contributed by atoms with E-state index in [1.807, 2.05) is 48.8 Å². The Labute approximate surface area is 177 Å². The fraction of sp³-hybridized carbons (Fsp3) is 0.280. The highest BCUT2D eigenvalue weighted by atomic mass is 16.5. The van der Waals surface area contributed by atoms with Crippen LogP contribution < -0.4 is 10.6 Å². The second kappa shape index (κ2) is 8.01. The van der Waals surface area contributed by atoms with Crippen LogP contribution in [0.5, 0.6) is 5.75 Å². The molecule has 2 aromatic rings. The van der Waals surface area contributed by atoms with E-state index >= 15 is 0 Å². The molecule has 1 fully saturated rings. The zero-order valence-corrected chi connectivity index (χ0v) is 17.1. The van der Waals surface area contributed by atoms with Gasteiger partial charge in [-0.05, 0) is 36.1 Å². The maximum atomic E-state index is 6.85. The Bertz CT molecular complexity index is 1050. The number of nitrogens with two attached hydrogens (primary N) is 1. The molecular formula is C25H27N4O+. The van der Waals surface area contributed by atoms with Crippen molar-refractivity contribution in [3.63, 3.8) is 0 Å². The minimum Gasteiger partial charge on any atom is -0.489 e. The average molecular weight is 400 g/mol. The Hall–Kier alpha value is -3.02. The van der Waals surface area contributed by atoms with Gasteiger partial charge in [0, 0.05) is 0 Å². The first-order valence-corrected chi connectivity index (χ1v) is 10.7. The minimum atomic E-state index is 0.0771. The molecule has 2 aromatic carbocycles. The molecule has 1 atom stereocenters. The van der Waals surface area contributed by atoms with Crippen molar-refractivity contribution in [3.05, 3.63) is 89.5 Å². The standard InChI is InChI=1S/C25H27N4O/c26-29-14-13-27-17-24(29)23(15-19-7-4-5-8-19)28-25(29)21-11-6-12-22(16-21)30-18-20-9-2-1-3-10-20/h1-3,6,9-14,16-17,19H,4-5,7-8,15,18,26H2/q+1. The maximum Gasteiger partial charge on any atom is 0.265 e. The highest BCUT2D eigenvalue weighted by molar-refractivity contribution is 6.00. The Morgan fingerprint density at radius 1 is 1.03 bits per heavy atom. The summed E-state index contributed by atoms with van der Waals surface area (Å²) < 4.78 is 6.11. The van der Waals surface area contributed by atoms with Crippen LogP contribution >= 0.6 is 0 Å². The van der Waals surface area contributed by atoms with Crippen LogP contribution in [0.4, 0.5) is 0 Å². The molecule has 5 heteroatoms. The molecule has 1 unspecified atom stereocenters. The first-order valence-electron chi connectivity index (χ1n) is 10.7. The van der Waals surface area contributed by atoms with E-state index in [2.05, 4.69) is 23.2 Å². The highest BCUT2D eigenvalue weighted by Gasteiger charge is 2.44. The van der Waals surface area contributed by atoms with Crippen LogP contribution in [0, 0.1) is 5.92 Å². The van der Waals surface area contributed by atoms with Crippen molar-refractivity contribution < 1.29 is 9.33 Å². The Balaban J connectivity index is 1.41. The molecule has 3 aliphatic rings. The number of amidine groups is 1. The molecule has 5 nitrogen and oxygen atoms in total. The molecule has 5 rings (SSSR count). The van der Waals surface area contributed by atoms with Gasteiger partial charge in [-0.15, -0.1) is 4.59 Å². The van der Waals surface area contributed by atoms with Crippen molar-refractivity contribution in [1.82, 2.24) is 0 Å². The summed E-state index contributed by atoms with van der Waals surface area (Å²) in [5.74, 6) is 9.18. The van der Waals surface area contributed by atoms with E-state index in [4.69, 9.17) is 15.6 Å². The van der Waals surface area contributed by atoms with Crippen LogP contribution in [-0.2, 0) is 6.61 Å². The molecule has 0 saturated heterocycles. The molecule has 1 aliphatic carbocycles. The lowest BCUT2D eigenvalue weighted by Crippen LogP contribution is -2.53. The van der Waals surface area contributed by atoms with Gasteiger partial charge in [0.2, 0.25) is 5.70 Å². The molecule has 2 heterocycles. The van der Waals surface area contributed by atoms with Crippen molar-refractivity contribution in [2.45, 2.75) is 38.7 Å². The van der Waals surface area contributed by atoms with Gasteiger partial charge in [0.15, 0.2) is 0 Å². The van der Waals surface area contributed by atoms with Crippen molar-refractivity contribution in [3.8, 4) is 5.75 Å². The number of ether oxygens (including phenoxy) is 1. The van der Waals surface area contributed by atoms with Gasteiger partial charge < -0.3 is 4.74 Å². The largest absolute Gasteiger partial charge is 0.489 e. The molecular weight excluding hydrogens is 372 g/mol. The molecule has 2 aliphatic heterocycles. The van der Waals surface area contributed by atoms with E-state index in [1.165, 1.54) is 25.7 Å². The van der Waals surface area contributed by atoms with E-state index in [1.54, 1.807) is 6.20 Å². The lowest BCUT2D eigenvalue weighted by molar-refractivity contribution is -0.750. The summed E-state index contributed by atoms with van der Waals surface area (Å²) in [6.45, 7) is 0.530. The van der Waals surface area contributed by atoms with Crippen molar-refractivity contribution in [2.75, 3.05) is 0 Å². The number of allylic oxidation sites excluding steroid dienone is 2. The number of hydrogen-bond donors (Lipinski definition) is 1. The van der Waals surface area contributed by atoms with E-state index < -0.39 is 0 Å². The van der Waals surface area contributed by atoms with E-state index in [9.17, 15) is 0 Å². The minimum absolute atomic E-state index is 0.0771. The topological polar surface area (TPSA) is 60.0 Å². The van der Waals surface area contributed by atoms with Gasteiger partial charge in [0.05, 0.1) is 18.0 Å². The van der Waals surface area contributed by atoms with Crippen LogP contribution in [0.15, 0.2) is 88.4 Å². The fourth-order valence-electron chi connectivity index (χ4n) is 4.56.